The van der Waals surface area contributed by atoms with Crippen molar-refractivity contribution in [3.8, 4) is 0 Å². The predicted octanol–water partition coefficient (Wildman–Crippen LogP) is 2.05. The van der Waals surface area contributed by atoms with Crippen LogP contribution in [0.15, 0.2) is 22.7 Å². The van der Waals surface area contributed by atoms with Gasteiger partial charge in [-0.25, -0.2) is 0 Å². The summed E-state index contributed by atoms with van der Waals surface area (Å²) in [6.07, 6.45) is 0. The molecule has 0 spiro atoms. The third-order valence-electron chi connectivity index (χ3n) is 1.51. The first kappa shape index (κ1) is 10.4. The molecular weight excluding hydrogens is 333 g/mol. The summed E-state index contributed by atoms with van der Waals surface area (Å²) in [5.41, 5.74) is 6.61. The lowest BCUT2D eigenvalue weighted by molar-refractivity contribution is 0.268. The molecule has 1 atom stereocenters. The van der Waals surface area contributed by atoms with Crippen molar-refractivity contribution >= 4 is 38.5 Å². The smallest absolute Gasteiger partial charge is 0.0624 e. The Morgan fingerprint density at radius 1 is 1.50 bits per heavy atom. The molecule has 0 aliphatic heterocycles. The molecule has 1 aromatic rings. The third kappa shape index (κ3) is 2.69. The average molecular weight is 342 g/mol. The number of hydrogen-bond donors (Lipinski definition) is 2. The molecule has 1 rings (SSSR count). The fourth-order valence-corrected chi connectivity index (χ4v) is 2.53. The van der Waals surface area contributed by atoms with E-state index < -0.39 is 0 Å². The molecule has 0 radical (unpaired) electrons. The van der Waals surface area contributed by atoms with Gasteiger partial charge in [0.1, 0.15) is 0 Å². The zero-order valence-electron chi connectivity index (χ0n) is 6.30. The second-order valence-corrected chi connectivity index (χ2v) is 4.65. The minimum Gasteiger partial charge on any atom is -0.394 e. The van der Waals surface area contributed by atoms with Crippen molar-refractivity contribution in [2.45, 2.75) is 6.04 Å². The number of benzene rings is 1. The fraction of sp³-hybridized carbons (Fsp3) is 0.250. The van der Waals surface area contributed by atoms with Crippen LogP contribution in [0.3, 0.4) is 0 Å². The molecule has 0 amide bonds. The summed E-state index contributed by atoms with van der Waals surface area (Å²) >= 11 is 5.58. The summed E-state index contributed by atoms with van der Waals surface area (Å²) in [5.74, 6) is 0. The van der Waals surface area contributed by atoms with E-state index in [-0.39, 0.29) is 12.6 Å². The van der Waals surface area contributed by atoms with Crippen molar-refractivity contribution in [3.05, 3.63) is 31.8 Å². The summed E-state index contributed by atoms with van der Waals surface area (Å²) in [6.45, 7) is -0.0213. The summed E-state index contributed by atoms with van der Waals surface area (Å²) in [6, 6.07) is 5.60. The molecule has 1 aromatic carbocycles. The van der Waals surface area contributed by atoms with Gasteiger partial charge in [0.25, 0.3) is 0 Å². The molecule has 0 heterocycles. The first-order valence-corrected chi connectivity index (χ1v) is 5.33. The van der Waals surface area contributed by atoms with Gasteiger partial charge in [-0.2, -0.15) is 0 Å². The van der Waals surface area contributed by atoms with E-state index in [2.05, 4.69) is 38.5 Å². The Hall–Kier alpha value is 0.350. The van der Waals surface area contributed by atoms with Crippen molar-refractivity contribution in [2.75, 3.05) is 6.61 Å². The topological polar surface area (TPSA) is 46.2 Å². The third-order valence-corrected chi connectivity index (χ3v) is 2.59. The van der Waals surface area contributed by atoms with E-state index in [0.717, 1.165) is 13.6 Å². The Morgan fingerprint density at radius 2 is 2.17 bits per heavy atom. The van der Waals surface area contributed by atoms with Crippen LogP contribution in [-0.2, 0) is 0 Å². The zero-order valence-corrected chi connectivity index (χ0v) is 10.0. The highest BCUT2D eigenvalue weighted by atomic mass is 127. The van der Waals surface area contributed by atoms with Gasteiger partial charge in [-0.05, 0) is 46.4 Å². The minimum atomic E-state index is -0.281. The number of aliphatic hydroxyl groups is 1. The number of rotatable bonds is 2. The van der Waals surface area contributed by atoms with Crippen LogP contribution in [-0.4, -0.2) is 11.7 Å². The van der Waals surface area contributed by atoms with Crippen LogP contribution in [0.25, 0.3) is 0 Å². The van der Waals surface area contributed by atoms with E-state index in [1.54, 1.807) is 0 Å². The Bertz CT molecular complexity index is 260. The molecule has 12 heavy (non-hydrogen) atoms. The van der Waals surface area contributed by atoms with Gasteiger partial charge < -0.3 is 10.8 Å². The average Bonchev–Trinajstić information content (AvgIpc) is 2.01. The Kier molecular flexibility index (Phi) is 3.95. The van der Waals surface area contributed by atoms with Crippen molar-refractivity contribution in [2.24, 2.45) is 5.73 Å². The van der Waals surface area contributed by atoms with E-state index >= 15 is 0 Å². The molecule has 3 N–H and O–H groups in total. The molecule has 66 valence electrons. The van der Waals surface area contributed by atoms with Crippen molar-refractivity contribution in [1.29, 1.82) is 0 Å². The highest BCUT2D eigenvalue weighted by Crippen LogP contribution is 2.20. The quantitative estimate of drug-likeness (QED) is 0.809. The molecule has 1 unspecified atom stereocenters. The van der Waals surface area contributed by atoms with Gasteiger partial charge in [0, 0.05) is 8.04 Å². The summed E-state index contributed by atoms with van der Waals surface area (Å²) in [7, 11) is 0. The van der Waals surface area contributed by atoms with Gasteiger partial charge >= 0.3 is 0 Å². The van der Waals surface area contributed by atoms with Gasteiger partial charge in [0.2, 0.25) is 0 Å². The normalized spacial score (nSPS) is 13.0. The van der Waals surface area contributed by atoms with Crippen LogP contribution in [0.4, 0.5) is 0 Å². The molecule has 0 aliphatic rings. The van der Waals surface area contributed by atoms with E-state index in [1.807, 2.05) is 18.2 Å². The monoisotopic (exact) mass is 341 g/mol. The molecule has 0 aliphatic carbocycles. The van der Waals surface area contributed by atoms with E-state index in [0.29, 0.717) is 0 Å². The number of aliphatic hydroxyl groups excluding tert-OH is 1. The molecule has 0 saturated heterocycles. The second-order valence-electron chi connectivity index (χ2n) is 2.49. The Labute approximate surface area is 93.4 Å². The molecule has 2 nitrogen and oxygen atoms in total. The highest BCUT2D eigenvalue weighted by Gasteiger charge is 2.05. The van der Waals surface area contributed by atoms with Crippen molar-refractivity contribution in [1.82, 2.24) is 0 Å². The van der Waals surface area contributed by atoms with Crippen LogP contribution in [0, 0.1) is 3.57 Å². The van der Waals surface area contributed by atoms with Gasteiger partial charge in [0.05, 0.1) is 12.6 Å². The first-order valence-electron chi connectivity index (χ1n) is 3.46. The van der Waals surface area contributed by atoms with Crippen molar-refractivity contribution in [3.63, 3.8) is 0 Å². The molecule has 4 heteroatoms. The fourth-order valence-electron chi connectivity index (χ4n) is 0.895. The minimum absolute atomic E-state index is 0.0213. The van der Waals surface area contributed by atoms with Gasteiger partial charge in [-0.3, -0.25) is 0 Å². The van der Waals surface area contributed by atoms with E-state index in [9.17, 15) is 0 Å². The maximum absolute atomic E-state index is 8.83. The standard InChI is InChI=1S/C8H9BrINO/c9-6-1-5(8(11)4-12)2-7(10)3-6/h1-3,8,12H,4,11H2. The Balaban J connectivity index is 3.00. The van der Waals surface area contributed by atoms with E-state index in [1.165, 1.54) is 0 Å². The lowest BCUT2D eigenvalue weighted by atomic mass is 10.1. The molecule has 0 fully saturated rings. The molecule has 0 saturated carbocycles. The molecule has 0 bridgehead atoms. The number of halogens is 2. The maximum atomic E-state index is 8.83. The zero-order chi connectivity index (χ0) is 9.14. The van der Waals surface area contributed by atoms with Gasteiger partial charge in [-0.1, -0.05) is 15.9 Å². The largest absolute Gasteiger partial charge is 0.394 e. The van der Waals surface area contributed by atoms with Crippen LogP contribution in [0.5, 0.6) is 0 Å². The highest BCUT2D eigenvalue weighted by molar-refractivity contribution is 14.1. The van der Waals surface area contributed by atoms with Crippen LogP contribution in [0.2, 0.25) is 0 Å². The number of hydrogen-bond acceptors (Lipinski definition) is 2. The van der Waals surface area contributed by atoms with Crippen LogP contribution < -0.4 is 5.73 Å². The summed E-state index contributed by atoms with van der Waals surface area (Å²) in [4.78, 5) is 0. The predicted molar refractivity (Wildman–Crippen MR) is 60.9 cm³/mol. The first-order chi connectivity index (χ1) is 5.63. The van der Waals surface area contributed by atoms with E-state index in [4.69, 9.17) is 10.8 Å². The molecule has 0 aromatic heterocycles. The van der Waals surface area contributed by atoms with Crippen LogP contribution in [0.1, 0.15) is 11.6 Å². The van der Waals surface area contributed by atoms with Crippen molar-refractivity contribution < 1.29 is 5.11 Å². The van der Waals surface area contributed by atoms with Gasteiger partial charge in [0.15, 0.2) is 0 Å². The second kappa shape index (κ2) is 4.55. The number of nitrogens with two attached hydrogens (primary N) is 1. The van der Waals surface area contributed by atoms with Crippen LogP contribution >= 0.6 is 38.5 Å². The van der Waals surface area contributed by atoms with Gasteiger partial charge in [-0.15, -0.1) is 0 Å². The summed E-state index contributed by atoms with van der Waals surface area (Å²) < 4.78 is 2.11. The lowest BCUT2D eigenvalue weighted by Gasteiger charge is -2.09. The Morgan fingerprint density at radius 3 is 2.67 bits per heavy atom. The maximum Gasteiger partial charge on any atom is 0.0624 e. The summed E-state index contributed by atoms with van der Waals surface area (Å²) in [5, 5.41) is 8.83. The SMILES string of the molecule is NC(CO)c1cc(Br)cc(I)c1. The lowest BCUT2D eigenvalue weighted by Crippen LogP contribution is -2.14. The molecular formula is C8H9BrINO.